The molecule has 0 heterocycles. The van der Waals surface area contributed by atoms with Gasteiger partial charge in [0.2, 0.25) is 0 Å². The molecule has 1 N–H and O–H groups in total. The lowest BCUT2D eigenvalue weighted by Gasteiger charge is -2.13. The maximum Gasteiger partial charge on any atom is 0.159 e. The monoisotopic (exact) mass is 294 g/mol. The number of sulfone groups is 1. The van der Waals surface area contributed by atoms with E-state index in [1.165, 1.54) is 13.0 Å². The van der Waals surface area contributed by atoms with Gasteiger partial charge in [-0.3, -0.25) is 0 Å². The third-order valence-electron chi connectivity index (χ3n) is 2.70. The molecule has 7 heteroatoms. The van der Waals surface area contributed by atoms with Crippen LogP contribution in [-0.4, -0.2) is 39.1 Å². The molecule has 0 aliphatic rings. The maximum atomic E-state index is 13.1. The molecule has 0 saturated carbocycles. The third kappa shape index (κ3) is 4.52. The summed E-state index contributed by atoms with van der Waals surface area (Å²) in [6.07, 6.45) is 0. The Morgan fingerprint density at radius 3 is 2.53 bits per heavy atom. The molecule has 1 atom stereocenters. The van der Waals surface area contributed by atoms with Crippen LogP contribution in [0.3, 0.4) is 0 Å². The quantitative estimate of drug-likeness (QED) is 0.773. The number of hydrogen-bond acceptors (Lipinski definition) is 4. The molecule has 1 unspecified atom stereocenters. The predicted octanol–water partition coefficient (Wildman–Crippen LogP) is 1.45. The van der Waals surface area contributed by atoms with Crippen LogP contribution >= 0.6 is 0 Å². The molecule has 1 aromatic carbocycles. The van der Waals surface area contributed by atoms with Gasteiger partial charge in [-0.05, 0) is 24.6 Å². The fourth-order valence-electron chi connectivity index (χ4n) is 1.49. The van der Waals surface area contributed by atoms with Crippen molar-refractivity contribution in [2.45, 2.75) is 12.2 Å². The molecular formula is C12H16F2O4S. The van der Waals surface area contributed by atoms with E-state index in [0.29, 0.717) is 0 Å². The van der Waals surface area contributed by atoms with Crippen LogP contribution in [0.1, 0.15) is 17.7 Å². The molecule has 0 aliphatic carbocycles. The molecule has 108 valence electrons. The summed E-state index contributed by atoms with van der Waals surface area (Å²) < 4.78 is 54.6. The summed E-state index contributed by atoms with van der Waals surface area (Å²) in [7, 11) is -3.52. The van der Waals surface area contributed by atoms with Gasteiger partial charge in [-0.1, -0.05) is 6.07 Å². The first-order valence-electron chi connectivity index (χ1n) is 5.73. The fraction of sp³-hybridized carbons (Fsp3) is 0.500. The first kappa shape index (κ1) is 16.0. The van der Waals surface area contributed by atoms with Crippen LogP contribution in [0.4, 0.5) is 8.78 Å². The minimum absolute atomic E-state index is 0.0447. The summed E-state index contributed by atoms with van der Waals surface area (Å²) in [5.41, 5.74) is 0.195. The zero-order valence-corrected chi connectivity index (χ0v) is 11.3. The van der Waals surface area contributed by atoms with Crippen molar-refractivity contribution in [1.82, 2.24) is 0 Å². The standard InChI is InChI=1S/C12H16F2O4S/c1-9(10-2-3-11(13)12(14)8-10)19(16,17)7-6-18-5-4-15/h2-3,8-9,15H,4-7H2,1H3. The second kappa shape index (κ2) is 6.93. The highest BCUT2D eigenvalue weighted by molar-refractivity contribution is 7.91. The van der Waals surface area contributed by atoms with Crippen LogP contribution < -0.4 is 0 Å². The van der Waals surface area contributed by atoms with E-state index in [2.05, 4.69) is 0 Å². The number of benzene rings is 1. The second-order valence-electron chi connectivity index (χ2n) is 4.02. The van der Waals surface area contributed by atoms with Crippen LogP contribution in [0.2, 0.25) is 0 Å². The number of ether oxygens (including phenoxy) is 1. The van der Waals surface area contributed by atoms with Gasteiger partial charge in [0.15, 0.2) is 21.5 Å². The highest BCUT2D eigenvalue weighted by Gasteiger charge is 2.23. The summed E-state index contributed by atoms with van der Waals surface area (Å²) in [5, 5.41) is 7.54. The average molecular weight is 294 g/mol. The number of halogens is 2. The van der Waals surface area contributed by atoms with Crippen LogP contribution in [0, 0.1) is 11.6 Å². The SMILES string of the molecule is CC(c1ccc(F)c(F)c1)S(=O)(=O)CCOCCO. The Kier molecular flexibility index (Phi) is 5.84. The lowest BCUT2D eigenvalue weighted by Crippen LogP contribution is -2.19. The van der Waals surface area contributed by atoms with Gasteiger partial charge in [-0.25, -0.2) is 17.2 Å². The molecule has 1 aromatic rings. The van der Waals surface area contributed by atoms with Gasteiger partial charge >= 0.3 is 0 Å². The maximum absolute atomic E-state index is 13.1. The average Bonchev–Trinajstić information content (AvgIpc) is 2.37. The van der Waals surface area contributed by atoms with Crippen molar-refractivity contribution in [3.05, 3.63) is 35.4 Å². The van der Waals surface area contributed by atoms with Crippen LogP contribution in [0.5, 0.6) is 0 Å². The van der Waals surface area contributed by atoms with E-state index in [9.17, 15) is 17.2 Å². The van der Waals surface area contributed by atoms with Crippen molar-refractivity contribution in [3.8, 4) is 0 Å². The topological polar surface area (TPSA) is 63.6 Å². The van der Waals surface area contributed by atoms with Crippen LogP contribution in [-0.2, 0) is 14.6 Å². The van der Waals surface area contributed by atoms with Crippen molar-refractivity contribution in [3.63, 3.8) is 0 Å². The van der Waals surface area contributed by atoms with Crippen molar-refractivity contribution in [2.75, 3.05) is 25.6 Å². The number of rotatable bonds is 7. The first-order chi connectivity index (χ1) is 8.88. The minimum Gasteiger partial charge on any atom is -0.394 e. The first-order valence-corrected chi connectivity index (χ1v) is 7.45. The smallest absolute Gasteiger partial charge is 0.159 e. The lowest BCUT2D eigenvalue weighted by molar-refractivity contribution is 0.103. The van der Waals surface area contributed by atoms with Crippen molar-refractivity contribution in [1.29, 1.82) is 0 Å². The van der Waals surface area contributed by atoms with Gasteiger partial charge in [-0.15, -0.1) is 0 Å². The predicted molar refractivity (Wildman–Crippen MR) is 66.5 cm³/mol. The van der Waals surface area contributed by atoms with Crippen LogP contribution in [0.15, 0.2) is 18.2 Å². The summed E-state index contributed by atoms with van der Waals surface area (Å²) in [5.74, 6) is -2.33. The highest BCUT2D eigenvalue weighted by atomic mass is 32.2. The molecule has 0 radical (unpaired) electrons. The number of aliphatic hydroxyl groups is 1. The molecule has 0 amide bonds. The molecule has 0 bridgehead atoms. The molecule has 0 spiro atoms. The van der Waals surface area contributed by atoms with Gasteiger partial charge < -0.3 is 9.84 Å². The van der Waals surface area contributed by atoms with Gasteiger partial charge in [0.25, 0.3) is 0 Å². The van der Waals surface area contributed by atoms with Crippen molar-refractivity contribution >= 4 is 9.84 Å². The molecule has 0 saturated heterocycles. The number of hydrogen-bond donors (Lipinski definition) is 1. The van der Waals surface area contributed by atoms with Crippen molar-refractivity contribution < 1.29 is 27.0 Å². The largest absolute Gasteiger partial charge is 0.394 e. The third-order valence-corrected chi connectivity index (χ3v) is 4.78. The molecule has 19 heavy (non-hydrogen) atoms. The van der Waals surface area contributed by atoms with E-state index >= 15 is 0 Å². The van der Waals surface area contributed by atoms with Crippen LogP contribution in [0.25, 0.3) is 0 Å². The lowest BCUT2D eigenvalue weighted by atomic mass is 10.1. The Morgan fingerprint density at radius 2 is 1.95 bits per heavy atom. The number of aliphatic hydroxyl groups excluding tert-OH is 1. The summed E-state index contributed by atoms with van der Waals surface area (Å²) in [6.45, 7) is 1.25. The highest BCUT2D eigenvalue weighted by Crippen LogP contribution is 2.24. The molecule has 0 aromatic heterocycles. The van der Waals surface area contributed by atoms with E-state index in [1.54, 1.807) is 0 Å². The van der Waals surface area contributed by atoms with Crippen molar-refractivity contribution in [2.24, 2.45) is 0 Å². The zero-order chi connectivity index (χ0) is 14.5. The van der Waals surface area contributed by atoms with Gasteiger partial charge in [0.05, 0.1) is 30.8 Å². The molecule has 4 nitrogen and oxygen atoms in total. The molecule has 1 rings (SSSR count). The molecular weight excluding hydrogens is 278 g/mol. The summed E-state index contributed by atoms with van der Waals surface area (Å²) in [6, 6.07) is 3.03. The van der Waals surface area contributed by atoms with E-state index in [0.717, 1.165) is 12.1 Å². The van der Waals surface area contributed by atoms with Gasteiger partial charge in [-0.2, -0.15) is 0 Å². The molecule has 0 fully saturated rings. The fourth-order valence-corrected chi connectivity index (χ4v) is 2.76. The Morgan fingerprint density at radius 1 is 1.26 bits per heavy atom. The van der Waals surface area contributed by atoms with Gasteiger partial charge in [0, 0.05) is 0 Å². The van der Waals surface area contributed by atoms with E-state index in [4.69, 9.17) is 9.84 Å². The van der Waals surface area contributed by atoms with E-state index in [1.807, 2.05) is 0 Å². The Hall–Kier alpha value is -1.05. The summed E-state index contributed by atoms with van der Waals surface area (Å²) >= 11 is 0. The zero-order valence-electron chi connectivity index (χ0n) is 10.5. The minimum atomic E-state index is -3.52. The Bertz CT molecular complexity index is 516. The van der Waals surface area contributed by atoms with Gasteiger partial charge in [0.1, 0.15) is 0 Å². The Labute approximate surface area is 110 Å². The Balaban J connectivity index is 2.74. The molecule has 0 aliphatic heterocycles. The van der Waals surface area contributed by atoms with E-state index in [-0.39, 0.29) is 31.1 Å². The second-order valence-corrected chi connectivity index (χ2v) is 6.46. The normalized spacial score (nSPS) is 13.5. The van der Waals surface area contributed by atoms with E-state index < -0.39 is 26.7 Å². The summed E-state index contributed by atoms with van der Waals surface area (Å²) in [4.78, 5) is 0.